The summed E-state index contributed by atoms with van der Waals surface area (Å²) < 4.78 is 5.45. The zero-order valence-corrected chi connectivity index (χ0v) is 12.3. The van der Waals surface area contributed by atoms with Gasteiger partial charge in [-0.25, -0.2) is 0 Å². The van der Waals surface area contributed by atoms with Crippen molar-refractivity contribution in [3.8, 4) is 0 Å². The van der Waals surface area contributed by atoms with Crippen LogP contribution in [0.3, 0.4) is 0 Å². The maximum Gasteiger partial charge on any atom is 0.259 e. The molecule has 0 saturated carbocycles. The summed E-state index contributed by atoms with van der Waals surface area (Å²) in [6.45, 7) is 8.36. The average Bonchev–Trinajstić information content (AvgIpc) is 2.58. The Bertz CT molecular complexity index is 613. The fourth-order valence-corrected chi connectivity index (χ4v) is 2.35. The predicted molar refractivity (Wildman–Crippen MR) is 71.2 cm³/mol. The number of carbonyl (C=O) groups excluding carboxylic acids is 3. The van der Waals surface area contributed by atoms with Gasteiger partial charge in [0, 0.05) is 5.56 Å². The van der Waals surface area contributed by atoms with Crippen molar-refractivity contribution >= 4 is 17.7 Å². The highest BCUT2D eigenvalue weighted by molar-refractivity contribution is 6.09. The summed E-state index contributed by atoms with van der Waals surface area (Å²) in [7, 11) is 0. The van der Waals surface area contributed by atoms with Crippen LogP contribution < -0.4 is 5.32 Å². The smallest absolute Gasteiger partial charge is 0.259 e. The molecule has 108 valence electrons. The number of nitrogens with one attached hydrogen (secondary N) is 1. The number of aryl methyl sites for hydroxylation is 2. The topological polar surface area (TPSA) is 79.6 Å². The number of carbonyl (C=O) groups is 3. The number of hydrogen-bond acceptors (Lipinski definition) is 4. The van der Waals surface area contributed by atoms with Crippen LogP contribution in [-0.4, -0.2) is 34.7 Å². The van der Waals surface area contributed by atoms with E-state index in [0.717, 1.165) is 5.56 Å². The summed E-state index contributed by atoms with van der Waals surface area (Å²) in [5.74, 6) is -0.142. The molecule has 3 amide bonds. The van der Waals surface area contributed by atoms with Crippen LogP contribution in [0.25, 0.3) is 0 Å². The molecule has 0 aromatic carbocycles. The number of furan rings is 1. The highest BCUT2D eigenvalue weighted by Crippen LogP contribution is 2.27. The maximum absolute atomic E-state index is 12.7. The molecular formula is C14H18N2O4. The molecule has 1 aromatic rings. The van der Waals surface area contributed by atoms with E-state index < -0.39 is 17.4 Å². The third-order valence-corrected chi connectivity index (χ3v) is 3.81. The summed E-state index contributed by atoms with van der Waals surface area (Å²) in [6, 6.07) is 0. The van der Waals surface area contributed by atoms with Gasteiger partial charge >= 0.3 is 0 Å². The molecule has 1 saturated heterocycles. The lowest BCUT2D eigenvalue weighted by molar-refractivity contribution is -0.143. The van der Waals surface area contributed by atoms with Crippen LogP contribution in [0.5, 0.6) is 0 Å². The fraction of sp³-hybridized carbons (Fsp3) is 0.500. The minimum atomic E-state index is -1.07. The summed E-state index contributed by atoms with van der Waals surface area (Å²) in [6.07, 6.45) is 0. The number of hydrogen-bond donors (Lipinski definition) is 1. The first kappa shape index (κ1) is 14.3. The van der Waals surface area contributed by atoms with Gasteiger partial charge in [-0.15, -0.1) is 0 Å². The predicted octanol–water partition coefficient (Wildman–Crippen LogP) is 1.08. The zero-order valence-electron chi connectivity index (χ0n) is 12.3. The molecule has 2 heterocycles. The van der Waals surface area contributed by atoms with E-state index in [-0.39, 0.29) is 12.5 Å². The summed E-state index contributed by atoms with van der Waals surface area (Å²) in [4.78, 5) is 37.4. The molecule has 0 radical (unpaired) electrons. The Labute approximate surface area is 117 Å². The number of rotatable bonds is 1. The van der Waals surface area contributed by atoms with Crippen molar-refractivity contribution in [3.05, 3.63) is 22.6 Å². The SMILES string of the molecule is Cc1oc(C)c(C(=O)N2CC(=O)NC(=O)C2(C)C)c1C. The van der Waals surface area contributed by atoms with Crippen molar-refractivity contribution in [1.29, 1.82) is 0 Å². The Morgan fingerprint density at radius 1 is 1.20 bits per heavy atom. The van der Waals surface area contributed by atoms with Gasteiger partial charge in [-0.2, -0.15) is 0 Å². The normalized spacial score (nSPS) is 18.1. The zero-order chi connectivity index (χ0) is 15.2. The monoisotopic (exact) mass is 278 g/mol. The van der Waals surface area contributed by atoms with Gasteiger partial charge in [-0.05, 0) is 34.6 Å². The number of piperazine rings is 1. The van der Waals surface area contributed by atoms with Crippen molar-refractivity contribution in [2.45, 2.75) is 40.2 Å². The minimum Gasteiger partial charge on any atom is -0.466 e. The molecule has 0 spiro atoms. The largest absolute Gasteiger partial charge is 0.466 e. The first-order valence-electron chi connectivity index (χ1n) is 6.39. The summed E-state index contributed by atoms with van der Waals surface area (Å²) in [5, 5.41) is 2.25. The van der Waals surface area contributed by atoms with Crippen LogP contribution in [-0.2, 0) is 9.59 Å². The van der Waals surface area contributed by atoms with Crippen molar-refractivity contribution in [1.82, 2.24) is 10.2 Å². The van der Waals surface area contributed by atoms with Gasteiger partial charge in [0.25, 0.3) is 11.8 Å². The van der Waals surface area contributed by atoms with Crippen LogP contribution in [0.1, 0.15) is 41.3 Å². The van der Waals surface area contributed by atoms with Gasteiger partial charge in [-0.3, -0.25) is 19.7 Å². The van der Waals surface area contributed by atoms with Gasteiger partial charge in [0.2, 0.25) is 5.91 Å². The van der Waals surface area contributed by atoms with Crippen molar-refractivity contribution < 1.29 is 18.8 Å². The van der Waals surface area contributed by atoms with Crippen LogP contribution in [0.4, 0.5) is 0 Å². The van der Waals surface area contributed by atoms with Crippen molar-refractivity contribution in [3.63, 3.8) is 0 Å². The lowest BCUT2D eigenvalue weighted by Crippen LogP contribution is -2.65. The van der Waals surface area contributed by atoms with E-state index in [4.69, 9.17) is 4.42 Å². The first-order chi connectivity index (χ1) is 9.16. The van der Waals surface area contributed by atoms with Crippen LogP contribution in [0.15, 0.2) is 4.42 Å². The molecule has 1 N–H and O–H groups in total. The second-order valence-electron chi connectivity index (χ2n) is 5.54. The Hall–Kier alpha value is -2.11. The quantitative estimate of drug-likeness (QED) is 0.780. The minimum absolute atomic E-state index is 0.138. The second kappa shape index (κ2) is 4.47. The van der Waals surface area contributed by atoms with Gasteiger partial charge in [-0.1, -0.05) is 0 Å². The van der Waals surface area contributed by atoms with E-state index in [9.17, 15) is 14.4 Å². The molecular weight excluding hydrogens is 260 g/mol. The lowest BCUT2D eigenvalue weighted by Gasteiger charge is -2.40. The molecule has 0 atom stereocenters. The summed E-state index contributed by atoms with van der Waals surface area (Å²) >= 11 is 0. The number of nitrogens with zero attached hydrogens (tertiary/aromatic N) is 1. The molecule has 1 fully saturated rings. The molecule has 0 aliphatic carbocycles. The van der Waals surface area contributed by atoms with Gasteiger partial charge < -0.3 is 9.32 Å². The Balaban J connectivity index is 2.46. The van der Waals surface area contributed by atoms with Crippen LogP contribution in [0, 0.1) is 20.8 Å². The maximum atomic E-state index is 12.7. The van der Waals surface area contributed by atoms with E-state index in [0.29, 0.717) is 17.1 Å². The molecule has 1 aliphatic rings. The van der Waals surface area contributed by atoms with E-state index in [1.807, 2.05) is 0 Å². The molecule has 0 bridgehead atoms. The molecule has 2 rings (SSSR count). The van der Waals surface area contributed by atoms with Crippen LogP contribution >= 0.6 is 0 Å². The third-order valence-electron chi connectivity index (χ3n) is 3.81. The first-order valence-corrected chi connectivity index (χ1v) is 6.39. The Kier molecular flexibility index (Phi) is 3.20. The lowest BCUT2D eigenvalue weighted by atomic mass is 9.96. The highest BCUT2D eigenvalue weighted by atomic mass is 16.3. The van der Waals surface area contributed by atoms with Crippen molar-refractivity contribution in [2.75, 3.05) is 6.54 Å². The molecule has 0 unspecified atom stereocenters. The van der Waals surface area contributed by atoms with E-state index in [1.165, 1.54) is 4.90 Å². The van der Waals surface area contributed by atoms with E-state index >= 15 is 0 Å². The molecule has 20 heavy (non-hydrogen) atoms. The second-order valence-corrected chi connectivity index (χ2v) is 5.54. The summed E-state index contributed by atoms with van der Waals surface area (Å²) in [5.41, 5.74) is 0.0921. The molecule has 1 aliphatic heterocycles. The third kappa shape index (κ3) is 2.01. The fourth-order valence-electron chi connectivity index (χ4n) is 2.35. The van der Waals surface area contributed by atoms with E-state index in [1.54, 1.807) is 34.6 Å². The molecule has 1 aromatic heterocycles. The highest BCUT2D eigenvalue weighted by Gasteiger charge is 2.44. The van der Waals surface area contributed by atoms with Gasteiger partial charge in [0.15, 0.2) is 0 Å². The number of imide groups is 1. The van der Waals surface area contributed by atoms with Crippen LogP contribution in [0.2, 0.25) is 0 Å². The molecule has 6 nitrogen and oxygen atoms in total. The Morgan fingerprint density at radius 3 is 2.30 bits per heavy atom. The molecule has 6 heteroatoms. The standard InChI is InChI=1S/C14H18N2O4/c1-7-8(2)20-9(3)11(7)12(18)16-6-10(17)15-13(19)14(16,4)5/h6H2,1-5H3,(H,15,17,19). The van der Waals surface area contributed by atoms with Gasteiger partial charge in [0.05, 0.1) is 5.56 Å². The Morgan fingerprint density at radius 2 is 1.80 bits per heavy atom. The van der Waals surface area contributed by atoms with E-state index in [2.05, 4.69) is 5.32 Å². The van der Waals surface area contributed by atoms with Gasteiger partial charge in [0.1, 0.15) is 23.6 Å². The van der Waals surface area contributed by atoms with Crippen molar-refractivity contribution in [2.24, 2.45) is 0 Å². The number of amides is 3. The average molecular weight is 278 g/mol.